The Hall–Kier alpha value is -5.70. The van der Waals surface area contributed by atoms with Gasteiger partial charge in [-0.1, -0.05) is 96.1 Å². The van der Waals surface area contributed by atoms with E-state index in [2.05, 4.69) is 10.7 Å². The van der Waals surface area contributed by atoms with Gasteiger partial charge >= 0.3 is 0 Å². The van der Waals surface area contributed by atoms with E-state index in [1.165, 1.54) is 6.07 Å². The van der Waals surface area contributed by atoms with Crippen LogP contribution in [0.15, 0.2) is 115 Å². The number of phenols is 1. The quantitative estimate of drug-likeness (QED) is 0.176. The summed E-state index contributed by atoms with van der Waals surface area (Å²) in [7, 11) is 0. The molecule has 1 saturated carbocycles. The van der Waals surface area contributed by atoms with Crippen molar-refractivity contribution in [3.05, 3.63) is 137 Å². The van der Waals surface area contributed by atoms with Gasteiger partial charge in [0.05, 0.1) is 28.9 Å². The lowest BCUT2D eigenvalue weighted by Gasteiger charge is -2.50. The van der Waals surface area contributed by atoms with Crippen molar-refractivity contribution in [2.75, 3.05) is 5.43 Å². The van der Waals surface area contributed by atoms with Crippen LogP contribution in [-0.2, 0) is 31.2 Å². The van der Waals surface area contributed by atoms with E-state index >= 15 is 4.79 Å². The summed E-state index contributed by atoms with van der Waals surface area (Å²) in [6, 6.07) is 31.4. The Morgan fingerprint density at radius 3 is 2.31 bits per heavy atom. The summed E-state index contributed by atoms with van der Waals surface area (Å²) < 4.78 is 6.03. The van der Waals surface area contributed by atoms with Gasteiger partial charge in [-0.2, -0.15) is 5.01 Å². The van der Waals surface area contributed by atoms with E-state index < -0.39 is 46.8 Å². The first-order valence-electron chi connectivity index (χ1n) is 16.6. The van der Waals surface area contributed by atoms with Crippen molar-refractivity contribution in [3.8, 4) is 11.5 Å². The third-order valence-corrected chi connectivity index (χ3v) is 10.8. The monoisotopic (exact) mass is 653 g/mol. The number of hydrazine groups is 1. The molecule has 0 radical (unpaired) electrons. The summed E-state index contributed by atoms with van der Waals surface area (Å²) in [5.74, 6) is -4.66. The number of carbonyl (C=O) groups excluding carboxylic acids is 4. The van der Waals surface area contributed by atoms with Crippen molar-refractivity contribution in [2.45, 2.75) is 37.7 Å². The van der Waals surface area contributed by atoms with Gasteiger partial charge in [0.2, 0.25) is 11.8 Å². The zero-order valence-electron chi connectivity index (χ0n) is 26.8. The Morgan fingerprint density at radius 1 is 0.878 bits per heavy atom. The first-order chi connectivity index (χ1) is 23.8. The lowest BCUT2D eigenvalue weighted by molar-refractivity contribution is -0.138. The van der Waals surface area contributed by atoms with Gasteiger partial charge in [0.15, 0.2) is 0 Å². The maximum atomic E-state index is 15.2. The Labute approximate surface area is 283 Å². The Kier molecular flexibility index (Phi) is 7.35. The normalized spacial score (nSPS) is 27.2. The van der Waals surface area contributed by atoms with E-state index in [9.17, 15) is 19.5 Å². The molecule has 3 N–H and O–H groups in total. The molecule has 4 aliphatic rings. The maximum Gasteiger partial charge on any atom is 0.260 e. The molecule has 2 aliphatic carbocycles. The van der Waals surface area contributed by atoms with E-state index in [4.69, 9.17) is 4.74 Å². The average molecular weight is 654 g/mol. The van der Waals surface area contributed by atoms with Crippen molar-refractivity contribution < 1.29 is 29.0 Å². The maximum absolute atomic E-state index is 15.2. The number of anilines is 1. The second kappa shape index (κ2) is 11.8. The van der Waals surface area contributed by atoms with E-state index in [-0.39, 0.29) is 24.0 Å². The summed E-state index contributed by atoms with van der Waals surface area (Å²) in [5.41, 5.74) is 6.05. The van der Waals surface area contributed by atoms with Gasteiger partial charge in [-0.3, -0.25) is 29.9 Å². The summed E-state index contributed by atoms with van der Waals surface area (Å²) in [5, 5.41) is 15.4. The molecular formula is C40H35N3O6. The molecule has 2 heterocycles. The number of imide groups is 2. The van der Waals surface area contributed by atoms with Gasteiger partial charge in [-0.05, 0) is 55.0 Å². The number of nitrogens with one attached hydrogen (secondary N) is 2. The second-order valence-corrected chi connectivity index (χ2v) is 13.4. The molecule has 0 aromatic heterocycles. The van der Waals surface area contributed by atoms with Crippen LogP contribution < -0.4 is 15.5 Å². The zero-order chi connectivity index (χ0) is 33.9. The van der Waals surface area contributed by atoms with Crippen LogP contribution in [0.1, 0.15) is 41.0 Å². The Balaban J connectivity index is 1.29. The van der Waals surface area contributed by atoms with Crippen molar-refractivity contribution in [3.63, 3.8) is 0 Å². The summed E-state index contributed by atoms with van der Waals surface area (Å²) >= 11 is 0. The number of hydrogen-bond donors (Lipinski definition) is 3. The minimum absolute atomic E-state index is 0.0922. The van der Waals surface area contributed by atoms with Crippen molar-refractivity contribution in [1.82, 2.24) is 10.3 Å². The number of hydrogen-bond acceptors (Lipinski definition) is 7. The third kappa shape index (κ3) is 4.83. The van der Waals surface area contributed by atoms with Crippen LogP contribution in [0.4, 0.5) is 5.69 Å². The molecule has 6 unspecified atom stereocenters. The highest BCUT2D eigenvalue weighted by molar-refractivity contribution is 6.13. The van der Waals surface area contributed by atoms with E-state index in [1.807, 2.05) is 97.9 Å². The molecule has 9 heteroatoms. The van der Waals surface area contributed by atoms with Crippen LogP contribution in [0.5, 0.6) is 11.5 Å². The SMILES string of the molecule is Cc1ccc(NN2C(=O)C3CC4C(=CCC5C(=O)NC(=O)C54)C(c4ccc(OCc5ccccc5)cc4O)C3(c3ccccc3)C2=O)cc1. The van der Waals surface area contributed by atoms with Crippen LogP contribution in [-0.4, -0.2) is 33.7 Å². The van der Waals surface area contributed by atoms with Gasteiger partial charge in [0.25, 0.3) is 11.8 Å². The van der Waals surface area contributed by atoms with Crippen LogP contribution >= 0.6 is 0 Å². The zero-order valence-corrected chi connectivity index (χ0v) is 26.8. The number of rotatable bonds is 7. The van der Waals surface area contributed by atoms with Gasteiger partial charge < -0.3 is 9.84 Å². The highest BCUT2D eigenvalue weighted by atomic mass is 16.5. The first-order valence-corrected chi connectivity index (χ1v) is 16.6. The first kappa shape index (κ1) is 30.6. The van der Waals surface area contributed by atoms with Crippen LogP contribution in [0.25, 0.3) is 0 Å². The van der Waals surface area contributed by atoms with Crippen molar-refractivity contribution in [1.29, 1.82) is 0 Å². The topological polar surface area (TPSA) is 125 Å². The molecule has 2 aliphatic heterocycles. The lowest BCUT2D eigenvalue weighted by atomic mass is 9.49. The Bertz CT molecular complexity index is 2010. The molecule has 4 aromatic carbocycles. The minimum atomic E-state index is -1.46. The van der Waals surface area contributed by atoms with Crippen molar-refractivity contribution in [2.24, 2.45) is 23.7 Å². The van der Waals surface area contributed by atoms with E-state index in [1.54, 1.807) is 12.1 Å². The minimum Gasteiger partial charge on any atom is -0.508 e. The largest absolute Gasteiger partial charge is 0.508 e. The third-order valence-electron chi connectivity index (χ3n) is 10.8. The highest BCUT2D eigenvalue weighted by Crippen LogP contribution is 2.64. The predicted octanol–water partition coefficient (Wildman–Crippen LogP) is 5.55. The molecule has 4 aromatic rings. The summed E-state index contributed by atoms with van der Waals surface area (Å²) in [6.07, 6.45) is 2.46. The summed E-state index contributed by atoms with van der Waals surface area (Å²) in [6.45, 7) is 2.25. The number of fused-ring (bicyclic) bond motifs is 4. The number of aromatic hydroxyl groups is 1. The molecule has 8 rings (SSSR count). The number of nitrogens with zero attached hydrogens (tertiary/aromatic N) is 1. The van der Waals surface area contributed by atoms with Gasteiger partial charge in [-0.15, -0.1) is 0 Å². The lowest BCUT2D eigenvalue weighted by Crippen LogP contribution is -2.53. The van der Waals surface area contributed by atoms with Crippen molar-refractivity contribution >= 4 is 29.3 Å². The molecule has 4 amide bonds. The number of amides is 4. The molecule has 9 nitrogen and oxygen atoms in total. The highest BCUT2D eigenvalue weighted by Gasteiger charge is 2.70. The number of phenolic OH excluding ortho intramolecular Hbond substituents is 1. The number of carbonyl (C=O) groups is 4. The van der Waals surface area contributed by atoms with E-state index in [0.717, 1.165) is 21.7 Å². The number of aryl methyl sites for hydroxylation is 1. The predicted molar refractivity (Wildman–Crippen MR) is 181 cm³/mol. The number of benzene rings is 4. The molecule has 3 fully saturated rings. The molecule has 0 bridgehead atoms. The molecule has 49 heavy (non-hydrogen) atoms. The van der Waals surface area contributed by atoms with E-state index in [0.29, 0.717) is 35.6 Å². The van der Waals surface area contributed by atoms with Crippen LogP contribution in [0, 0.1) is 30.6 Å². The standard InChI is InChI=1S/C40H35N3O6/c1-23-12-14-26(15-13-23)42-43-38(47)32-21-31-28(18-19-30-34(31)37(46)41-36(30)45)35(40(32,39(43)48)25-10-6-3-7-11-25)29-17-16-27(20-33(29)44)49-22-24-8-4-2-5-9-24/h2-18,20,30-32,34-35,42,44H,19,21-22H2,1H3,(H,41,45,46). The van der Waals surface area contributed by atoms with Gasteiger partial charge in [0, 0.05) is 17.5 Å². The Morgan fingerprint density at radius 2 is 1.59 bits per heavy atom. The summed E-state index contributed by atoms with van der Waals surface area (Å²) in [4.78, 5) is 56.0. The van der Waals surface area contributed by atoms with Crippen LogP contribution in [0.2, 0.25) is 0 Å². The van der Waals surface area contributed by atoms with Gasteiger partial charge in [-0.25, -0.2) is 0 Å². The average Bonchev–Trinajstić information content (AvgIpc) is 3.53. The smallest absolute Gasteiger partial charge is 0.260 e. The van der Waals surface area contributed by atoms with Crippen LogP contribution in [0.3, 0.4) is 0 Å². The fourth-order valence-corrected chi connectivity index (χ4v) is 8.60. The fraction of sp³-hybridized carbons (Fsp3) is 0.250. The molecule has 2 saturated heterocycles. The number of ether oxygens (including phenoxy) is 1. The van der Waals surface area contributed by atoms with Gasteiger partial charge in [0.1, 0.15) is 18.1 Å². The molecule has 6 atom stereocenters. The number of allylic oxidation sites excluding steroid dienone is 2. The molecule has 246 valence electrons. The second-order valence-electron chi connectivity index (χ2n) is 13.4. The fourth-order valence-electron chi connectivity index (χ4n) is 8.60. The molecular weight excluding hydrogens is 618 g/mol. The molecule has 0 spiro atoms.